The Kier molecular flexibility index (Phi) is 4.81. The van der Waals surface area contributed by atoms with Gasteiger partial charge in [-0.2, -0.15) is 0 Å². The van der Waals surface area contributed by atoms with Gasteiger partial charge in [0.15, 0.2) is 5.78 Å². The minimum atomic E-state index is 0.126. The van der Waals surface area contributed by atoms with Crippen molar-refractivity contribution in [3.63, 3.8) is 0 Å². The summed E-state index contributed by atoms with van der Waals surface area (Å²) in [7, 11) is 0. The molecular weight excluding hydrogens is 372 g/mol. The minimum absolute atomic E-state index is 0.126. The Morgan fingerprint density at radius 2 is 1.97 bits per heavy atom. The van der Waals surface area contributed by atoms with Crippen molar-refractivity contribution in [2.75, 3.05) is 32.8 Å². The van der Waals surface area contributed by atoms with Gasteiger partial charge in [-0.1, -0.05) is 42.8 Å². The number of carbonyl (C=O) groups excluding carboxylic acids is 1. The van der Waals surface area contributed by atoms with Gasteiger partial charge in [0.2, 0.25) is 0 Å². The monoisotopic (exact) mass is 406 g/mol. The first-order chi connectivity index (χ1) is 14.4. The quantitative estimate of drug-likeness (QED) is 0.663. The second-order valence-electron chi connectivity index (χ2n) is 9.95. The Bertz CT molecular complexity index is 915. The molecule has 1 aromatic rings. The first kappa shape index (κ1) is 19.9. The zero-order valence-electron chi connectivity index (χ0n) is 18.7. The Hall–Kier alpha value is -2.07. The number of benzene rings is 1. The van der Waals surface area contributed by atoms with Crippen LogP contribution in [0, 0.1) is 12.3 Å². The summed E-state index contributed by atoms with van der Waals surface area (Å²) in [5, 5.41) is 0. The normalized spacial score (nSPS) is 30.5. The van der Waals surface area contributed by atoms with Gasteiger partial charge in [-0.05, 0) is 45.2 Å². The zero-order chi connectivity index (χ0) is 20.9. The highest BCUT2D eigenvalue weighted by molar-refractivity contribution is 5.96. The molecule has 0 aromatic heterocycles. The van der Waals surface area contributed by atoms with Crippen molar-refractivity contribution in [1.29, 1.82) is 0 Å². The van der Waals surface area contributed by atoms with Crippen LogP contribution in [-0.2, 0) is 4.74 Å². The number of Topliss-reactive ketones (excluding diaryl/α,β-unsaturated/α-hetero) is 1. The number of hydrogen-bond acceptors (Lipinski definition) is 4. The van der Waals surface area contributed by atoms with E-state index in [0.29, 0.717) is 6.42 Å². The van der Waals surface area contributed by atoms with Crippen LogP contribution >= 0.6 is 0 Å². The van der Waals surface area contributed by atoms with E-state index in [9.17, 15) is 4.79 Å². The fourth-order valence-electron chi connectivity index (χ4n) is 6.20. The zero-order valence-corrected chi connectivity index (χ0v) is 18.7. The van der Waals surface area contributed by atoms with E-state index in [-0.39, 0.29) is 16.7 Å². The van der Waals surface area contributed by atoms with Gasteiger partial charge in [0.1, 0.15) is 12.4 Å². The maximum Gasteiger partial charge on any atom is 0.162 e. The molecule has 0 bridgehead atoms. The van der Waals surface area contributed by atoms with Gasteiger partial charge in [-0.15, -0.1) is 0 Å². The van der Waals surface area contributed by atoms with Crippen LogP contribution in [0.4, 0.5) is 0 Å². The van der Waals surface area contributed by atoms with Gasteiger partial charge < -0.3 is 14.5 Å². The number of allylic oxidation sites excluding steroid dienone is 3. The predicted molar refractivity (Wildman–Crippen MR) is 119 cm³/mol. The summed E-state index contributed by atoms with van der Waals surface area (Å²) in [6, 6.07) is 7.98. The van der Waals surface area contributed by atoms with Gasteiger partial charge in [-0.25, -0.2) is 0 Å². The van der Waals surface area contributed by atoms with Crippen LogP contribution in [0.1, 0.15) is 61.9 Å². The van der Waals surface area contributed by atoms with E-state index in [4.69, 9.17) is 4.74 Å². The maximum absolute atomic E-state index is 12.6. The van der Waals surface area contributed by atoms with E-state index in [1.54, 1.807) is 0 Å². The van der Waals surface area contributed by atoms with Gasteiger partial charge in [0, 0.05) is 42.4 Å². The van der Waals surface area contributed by atoms with Crippen LogP contribution in [0.5, 0.6) is 0 Å². The molecule has 0 amide bonds. The number of ketones is 1. The van der Waals surface area contributed by atoms with Gasteiger partial charge in [0.25, 0.3) is 0 Å². The highest BCUT2D eigenvalue weighted by atomic mass is 16.5. The summed E-state index contributed by atoms with van der Waals surface area (Å²) in [5.74, 6) is 1.49. The van der Waals surface area contributed by atoms with Crippen LogP contribution in [-0.4, -0.2) is 53.9 Å². The third-order valence-electron chi connectivity index (χ3n) is 8.19. The first-order valence-electron chi connectivity index (χ1n) is 11.6. The molecule has 2 fully saturated rings. The van der Waals surface area contributed by atoms with E-state index in [0.717, 1.165) is 57.6 Å². The van der Waals surface area contributed by atoms with Crippen LogP contribution in [0.3, 0.4) is 0 Å². The number of likely N-dealkylation sites (tertiary alicyclic amines) is 1. The van der Waals surface area contributed by atoms with Gasteiger partial charge >= 0.3 is 0 Å². The summed E-state index contributed by atoms with van der Waals surface area (Å²) in [5.41, 5.74) is 5.27. The van der Waals surface area contributed by atoms with Crippen LogP contribution in [0.25, 0.3) is 0 Å². The number of fused-ring (bicyclic) bond motifs is 3. The smallest absolute Gasteiger partial charge is 0.162 e. The van der Waals surface area contributed by atoms with Crippen molar-refractivity contribution in [2.24, 2.45) is 5.41 Å². The van der Waals surface area contributed by atoms with Gasteiger partial charge in [0.05, 0.1) is 12.2 Å². The fourth-order valence-corrected chi connectivity index (χ4v) is 6.20. The molecular formula is C26H34N2O2. The van der Waals surface area contributed by atoms with Crippen molar-refractivity contribution >= 4 is 5.78 Å². The van der Waals surface area contributed by atoms with Crippen LogP contribution < -0.4 is 0 Å². The number of aryl methyl sites for hydroxylation is 1. The van der Waals surface area contributed by atoms with Crippen molar-refractivity contribution in [3.8, 4) is 0 Å². The largest absolute Gasteiger partial charge is 0.494 e. The summed E-state index contributed by atoms with van der Waals surface area (Å²) in [6.45, 7) is 12.0. The predicted octanol–water partition coefficient (Wildman–Crippen LogP) is 4.71. The van der Waals surface area contributed by atoms with Gasteiger partial charge in [-0.3, -0.25) is 4.79 Å². The van der Waals surface area contributed by atoms with E-state index >= 15 is 0 Å². The Balaban J connectivity index is 1.27. The minimum Gasteiger partial charge on any atom is -0.494 e. The number of hydrogen-bond donors (Lipinski definition) is 0. The molecule has 4 nitrogen and oxygen atoms in total. The Morgan fingerprint density at radius 3 is 2.77 bits per heavy atom. The summed E-state index contributed by atoms with van der Waals surface area (Å²) in [4.78, 5) is 17.8. The molecule has 3 heterocycles. The van der Waals surface area contributed by atoms with Crippen molar-refractivity contribution in [2.45, 2.75) is 58.4 Å². The first-order valence-corrected chi connectivity index (χ1v) is 11.6. The Labute approximate surface area is 180 Å². The lowest BCUT2D eigenvalue weighted by molar-refractivity contribution is -0.0202. The Morgan fingerprint density at radius 1 is 1.17 bits per heavy atom. The van der Waals surface area contributed by atoms with Crippen molar-refractivity contribution < 1.29 is 9.53 Å². The SMILES string of the molecule is Cc1ccc(C(=O)CCCN2CC[C@]3(C)N4CCOC5=C4C(=CCC5)[C@]3(C)C2)cc1. The molecule has 0 radical (unpaired) electrons. The highest BCUT2D eigenvalue weighted by Crippen LogP contribution is 2.60. The van der Waals surface area contributed by atoms with Crippen LogP contribution in [0.15, 0.2) is 47.4 Å². The molecule has 2 saturated heterocycles. The number of rotatable bonds is 5. The van der Waals surface area contributed by atoms with E-state index in [1.165, 1.54) is 29.0 Å². The molecule has 0 spiro atoms. The molecule has 0 N–H and O–H groups in total. The van der Waals surface area contributed by atoms with Crippen LogP contribution in [0.2, 0.25) is 0 Å². The second-order valence-corrected chi connectivity index (χ2v) is 9.95. The number of nitrogens with zero attached hydrogens (tertiary/aromatic N) is 2. The third-order valence-corrected chi connectivity index (χ3v) is 8.19. The maximum atomic E-state index is 12.6. The number of carbonyl (C=O) groups is 1. The topological polar surface area (TPSA) is 32.8 Å². The molecule has 4 aliphatic rings. The average Bonchev–Trinajstić information content (AvgIpc) is 2.95. The molecule has 1 aliphatic carbocycles. The summed E-state index contributed by atoms with van der Waals surface area (Å²) in [6.07, 6.45) is 7.36. The second kappa shape index (κ2) is 7.26. The molecule has 0 saturated carbocycles. The number of piperidine rings is 1. The lowest BCUT2D eigenvalue weighted by Crippen LogP contribution is -2.60. The average molecular weight is 407 g/mol. The fraction of sp³-hybridized carbons (Fsp3) is 0.577. The number of ether oxygens (including phenoxy) is 1. The van der Waals surface area contributed by atoms with E-state index in [2.05, 4.69) is 36.6 Å². The highest BCUT2D eigenvalue weighted by Gasteiger charge is 2.62. The van der Waals surface area contributed by atoms with Crippen molar-refractivity contribution in [3.05, 3.63) is 58.5 Å². The summed E-state index contributed by atoms with van der Waals surface area (Å²) >= 11 is 0. The summed E-state index contributed by atoms with van der Waals surface area (Å²) < 4.78 is 6.07. The molecule has 4 heteroatoms. The standard InChI is InChI=1S/C26H34N2O2/c1-19-9-11-20(12-10-19)22(29)7-5-14-27-15-13-26(3)25(2,18-27)21-6-4-8-23-24(21)28(26)16-17-30-23/h6,9-12H,4-5,7-8,13-18H2,1-3H3/t25-,26-/m0/s1. The molecule has 0 unspecified atom stereocenters. The third kappa shape index (κ3) is 2.95. The lowest BCUT2D eigenvalue weighted by atomic mass is 9.65. The molecule has 3 aliphatic heterocycles. The molecule has 30 heavy (non-hydrogen) atoms. The van der Waals surface area contributed by atoms with E-state index in [1.807, 2.05) is 24.3 Å². The molecule has 2 atom stereocenters. The lowest BCUT2D eigenvalue weighted by Gasteiger charge is -2.53. The molecule has 160 valence electrons. The molecule has 1 aromatic carbocycles. The van der Waals surface area contributed by atoms with Crippen molar-refractivity contribution in [1.82, 2.24) is 9.80 Å². The molecule has 5 rings (SSSR count). The van der Waals surface area contributed by atoms with E-state index < -0.39 is 0 Å².